The molecule has 104 valence electrons. The van der Waals surface area contributed by atoms with Gasteiger partial charge >= 0.3 is 6.03 Å². The largest absolute Gasteiger partial charge is 0.394 e. The van der Waals surface area contributed by atoms with Crippen molar-refractivity contribution in [2.75, 3.05) is 19.7 Å². The van der Waals surface area contributed by atoms with Gasteiger partial charge in [-0.3, -0.25) is 0 Å². The average molecular weight is 254 g/mol. The SMILES string of the molecule is O=C(NC1(CO)CCCCC1)N1CCCCCC1. The van der Waals surface area contributed by atoms with Gasteiger partial charge in [0, 0.05) is 13.1 Å². The van der Waals surface area contributed by atoms with Gasteiger partial charge in [-0.25, -0.2) is 4.79 Å². The Morgan fingerprint density at radius 3 is 2.11 bits per heavy atom. The van der Waals surface area contributed by atoms with Gasteiger partial charge in [-0.05, 0) is 25.7 Å². The normalized spacial score (nSPS) is 24.4. The third kappa shape index (κ3) is 3.37. The number of aliphatic hydroxyl groups is 1. The molecule has 1 saturated carbocycles. The van der Waals surface area contributed by atoms with Gasteiger partial charge in [0.15, 0.2) is 0 Å². The van der Waals surface area contributed by atoms with E-state index in [1.165, 1.54) is 19.3 Å². The number of urea groups is 1. The standard InChI is InChI=1S/C14H26N2O2/c17-12-14(8-4-3-5-9-14)15-13(18)16-10-6-1-2-7-11-16/h17H,1-12H2,(H,15,18). The molecule has 18 heavy (non-hydrogen) atoms. The molecule has 2 amide bonds. The zero-order valence-electron chi connectivity index (χ0n) is 11.3. The van der Waals surface area contributed by atoms with Crippen LogP contribution in [0.15, 0.2) is 0 Å². The van der Waals surface area contributed by atoms with Crippen LogP contribution in [0.5, 0.6) is 0 Å². The molecule has 0 aromatic carbocycles. The second kappa shape index (κ2) is 6.41. The fourth-order valence-electron chi connectivity index (χ4n) is 3.13. The van der Waals surface area contributed by atoms with Crippen LogP contribution in [0.2, 0.25) is 0 Å². The molecule has 0 spiro atoms. The molecule has 1 aliphatic carbocycles. The zero-order valence-corrected chi connectivity index (χ0v) is 11.3. The van der Waals surface area contributed by atoms with Crippen LogP contribution in [-0.2, 0) is 0 Å². The number of nitrogens with one attached hydrogen (secondary N) is 1. The van der Waals surface area contributed by atoms with Crippen LogP contribution in [0, 0.1) is 0 Å². The van der Waals surface area contributed by atoms with Gasteiger partial charge in [0.1, 0.15) is 0 Å². The maximum absolute atomic E-state index is 12.3. The minimum atomic E-state index is -0.346. The lowest BCUT2D eigenvalue weighted by molar-refractivity contribution is 0.114. The van der Waals surface area contributed by atoms with Crippen LogP contribution in [0.3, 0.4) is 0 Å². The minimum Gasteiger partial charge on any atom is -0.394 e. The molecule has 2 aliphatic rings. The van der Waals surface area contributed by atoms with Crippen LogP contribution in [0.1, 0.15) is 57.8 Å². The second-order valence-electron chi connectivity index (χ2n) is 5.83. The Kier molecular flexibility index (Phi) is 4.87. The summed E-state index contributed by atoms with van der Waals surface area (Å²) in [4.78, 5) is 14.2. The van der Waals surface area contributed by atoms with Crippen molar-refractivity contribution in [2.45, 2.75) is 63.3 Å². The molecule has 0 radical (unpaired) electrons. The van der Waals surface area contributed by atoms with Crippen molar-refractivity contribution in [1.29, 1.82) is 0 Å². The molecule has 1 aliphatic heterocycles. The number of hydrogen-bond donors (Lipinski definition) is 2. The highest BCUT2D eigenvalue weighted by atomic mass is 16.3. The van der Waals surface area contributed by atoms with Gasteiger partial charge < -0.3 is 15.3 Å². The fourth-order valence-corrected chi connectivity index (χ4v) is 3.13. The van der Waals surface area contributed by atoms with Crippen LogP contribution in [0.25, 0.3) is 0 Å². The number of carbonyl (C=O) groups excluding carboxylic acids is 1. The first-order valence-electron chi connectivity index (χ1n) is 7.44. The maximum atomic E-state index is 12.3. The molecule has 1 heterocycles. The number of amides is 2. The summed E-state index contributed by atoms with van der Waals surface area (Å²) in [6.07, 6.45) is 9.97. The van der Waals surface area contributed by atoms with Crippen LogP contribution >= 0.6 is 0 Å². The lowest BCUT2D eigenvalue weighted by atomic mass is 9.82. The summed E-state index contributed by atoms with van der Waals surface area (Å²) < 4.78 is 0. The molecule has 4 heteroatoms. The van der Waals surface area contributed by atoms with Crippen LogP contribution in [0.4, 0.5) is 4.79 Å². The van der Waals surface area contributed by atoms with Crippen molar-refractivity contribution in [2.24, 2.45) is 0 Å². The van der Waals surface area contributed by atoms with E-state index in [0.29, 0.717) is 0 Å². The summed E-state index contributed by atoms with van der Waals surface area (Å²) in [6, 6.07) is 0.0350. The molecule has 4 nitrogen and oxygen atoms in total. The minimum absolute atomic E-state index is 0.0350. The molecular formula is C14H26N2O2. The van der Waals surface area contributed by atoms with E-state index in [4.69, 9.17) is 0 Å². The van der Waals surface area contributed by atoms with Crippen LogP contribution in [-0.4, -0.2) is 41.3 Å². The first-order valence-corrected chi connectivity index (χ1v) is 7.44. The number of carbonyl (C=O) groups is 1. The quantitative estimate of drug-likeness (QED) is 0.794. The Morgan fingerprint density at radius 2 is 1.56 bits per heavy atom. The first kappa shape index (κ1) is 13.7. The predicted molar refractivity (Wildman–Crippen MR) is 71.5 cm³/mol. The lowest BCUT2D eigenvalue weighted by Crippen LogP contribution is -2.56. The van der Waals surface area contributed by atoms with Gasteiger partial charge in [-0.1, -0.05) is 32.1 Å². The van der Waals surface area contributed by atoms with Crippen molar-refractivity contribution in [3.05, 3.63) is 0 Å². The molecule has 0 aromatic heterocycles. The van der Waals surface area contributed by atoms with Gasteiger partial charge in [-0.2, -0.15) is 0 Å². The predicted octanol–water partition coefficient (Wildman–Crippen LogP) is 2.27. The van der Waals surface area contributed by atoms with E-state index < -0.39 is 0 Å². The summed E-state index contributed by atoms with van der Waals surface area (Å²) >= 11 is 0. The molecule has 2 rings (SSSR count). The van der Waals surface area contributed by atoms with E-state index in [2.05, 4.69) is 5.32 Å². The molecule has 2 fully saturated rings. The Bertz CT molecular complexity index is 267. The molecule has 0 bridgehead atoms. The maximum Gasteiger partial charge on any atom is 0.317 e. The summed E-state index contributed by atoms with van der Waals surface area (Å²) in [5.41, 5.74) is -0.346. The number of likely N-dealkylation sites (tertiary alicyclic amines) is 1. The highest BCUT2D eigenvalue weighted by molar-refractivity contribution is 5.75. The Balaban J connectivity index is 1.91. The fraction of sp³-hybridized carbons (Fsp3) is 0.929. The third-order valence-corrected chi connectivity index (χ3v) is 4.38. The summed E-state index contributed by atoms with van der Waals surface area (Å²) in [7, 11) is 0. The van der Waals surface area contributed by atoms with E-state index in [0.717, 1.165) is 51.6 Å². The Hall–Kier alpha value is -0.770. The highest BCUT2D eigenvalue weighted by Gasteiger charge is 2.34. The molecule has 2 N–H and O–H groups in total. The third-order valence-electron chi connectivity index (χ3n) is 4.38. The number of nitrogens with zero attached hydrogens (tertiary/aromatic N) is 1. The van der Waals surface area contributed by atoms with E-state index in [9.17, 15) is 9.90 Å². The molecule has 0 unspecified atom stereocenters. The van der Waals surface area contributed by atoms with Crippen LogP contribution < -0.4 is 5.32 Å². The smallest absolute Gasteiger partial charge is 0.317 e. The monoisotopic (exact) mass is 254 g/mol. The van der Waals surface area contributed by atoms with E-state index in [1.807, 2.05) is 4.90 Å². The second-order valence-corrected chi connectivity index (χ2v) is 5.83. The van der Waals surface area contributed by atoms with Crippen molar-refractivity contribution in [3.63, 3.8) is 0 Å². The zero-order chi connectivity index (χ0) is 12.8. The summed E-state index contributed by atoms with van der Waals surface area (Å²) in [6.45, 7) is 1.81. The van der Waals surface area contributed by atoms with Gasteiger partial charge in [0.2, 0.25) is 0 Å². The molecule has 0 atom stereocenters. The molecular weight excluding hydrogens is 228 g/mol. The van der Waals surface area contributed by atoms with Crippen molar-refractivity contribution >= 4 is 6.03 Å². The summed E-state index contributed by atoms with van der Waals surface area (Å²) in [5, 5.41) is 12.7. The number of rotatable bonds is 2. The van der Waals surface area contributed by atoms with Crippen molar-refractivity contribution in [3.8, 4) is 0 Å². The molecule has 1 saturated heterocycles. The van der Waals surface area contributed by atoms with E-state index >= 15 is 0 Å². The van der Waals surface area contributed by atoms with Crippen molar-refractivity contribution < 1.29 is 9.90 Å². The van der Waals surface area contributed by atoms with Gasteiger partial charge in [-0.15, -0.1) is 0 Å². The van der Waals surface area contributed by atoms with Gasteiger partial charge in [0.25, 0.3) is 0 Å². The van der Waals surface area contributed by atoms with E-state index in [-0.39, 0.29) is 18.2 Å². The Morgan fingerprint density at radius 1 is 1.00 bits per heavy atom. The van der Waals surface area contributed by atoms with E-state index in [1.54, 1.807) is 0 Å². The molecule has 0 aromatic rings. The van der Waals surface area contributed by atoms with Crippen molar-refractivity contribution in [1.82, 2.24) is 10.2 Å². The number of hydrogen-bond acceptors (Lipinski definition) is 2. The number of aliphatic hydroxyl groups excluding tert-OH is 1. The lowest BCUT2D eigenvalue weighted by Gasteiger charge is -2.38. The average Bonchev–Trinajstić information content (AvgIpc) is 2.68. The Labute approximate surface area is 110 Å². The first-order chi connectivity index (χ1) is 8.76. The topological polar surface area (TPSA) is 52.6 Å². The van der Waals surface area contributed by atoms with Gasteiger partial charge in [0.05, 0.1) is 12.1 Å². The highest BCUT2D eigenvalue weighted by Crippen LogP contribution is 2.28. The summed E-state index contributed by atoms with van der Waals surface area (Å²) in [5.74, 6) is 0.